The van der Waals surface area contributed by atoms with Gasteiger partial charge in [0.15, 0.2) is 0 Å². The maximum atomic E-state index is 11.8. The summed E-state index contributed by atoms with van der Waals surface area (Å²) in [4.78, 5) is 11.8. The summed E-state index contributed by atoms with van der Waals surface area (Å²) in [5.41, 5.74) is 6.80. The fraction of sp³-hybridized carbons (Fsp3) is 0.500. The largest absolute Gasteiger partial charge is 0.497 e. The highest BCUT2D eigenvalue weighted by Gasteiger charge is 2.15. The number of benzene rings is 1. The van der Waals surface area contributed by atoms with Gasteiger partial charge in [-0.3, -0.25) is 4.79 Å². The molecule has 3 N–H and O–H groups in total. The first-order valence-corrected chi connectivity index (χ1v) is 6.28. The minimum absolute atomic E-state index is 0.0497. The Kier molecular flexibility index (Phi) is 5.65. The Balaban J connectivity index is 2.58. The maximum Gasteiger partial charge on any atom is 0.237 e. The van der Waals surface area contributed by atoms with Gasteiger partial charge in [-0.15, -0.1) is 0 Å². The molecule has 0 spiro atoms. The van der Waals surface area contributed by atoms with E-state index in [-0.39, 0.29) is 11.9 Å². The quantitative estimate of drug-likeness (QED) is 0.811. The van der Waals surface area contributed by atoms with E-state index in [2.05, 4.69) is 5.32 Å². The number of rotatable bonds is 6. The van der Waals surface area contributed by atoms with Gasteiger partial charge in [-0.1, -0.05) is 25.5 Å². The molecule has 0 fully saturated rings. The highest BCUT2D eigenvalue weighted by atomic mass is 16.5. The first kappa shape index (κ1) is 14.5. The number of methoxy groups -OCH3 is 1. The topological polar surface area (TPSA) is 64.4 Å². The van der Waals surface area contributed by atoms with E-state index in [1.807, 2.05) is 38.1 Å². The molecule has 1 rings (SSSR count). The van der Waals surface area contributed by atoms with Crippen molar-refractivity contribution < 1.29 is 9.53 Å². The molecule has 1 aromatic carbocycles. The molecule has 0 bridgehead atoms. The van der Waals surface area contributed by atoms with Crippen molar-refractivity contribution in [1.82, 2.24) is 5.32 Å². The van der Waals surface area contributed by atoms with Crippen molar-refractivity contribution in [3.63, 3.8) is 0 Å². The summed E-state index contributed by atoms with van der Waals surface area (Å²) < 4.78 is 5.09. The highest BCUT2D eigenvalue weighted by molar-refractivity contribution is 5.81. The van der Waals surface area contributed by atoms with Crippen molar-refractivity contribution in [2.24, 2.45) is 5.73 Å². The minimum Gasteiger partial charge on any atom is -0.497 e. The molecule has 0 radical (unpaired) electrons. The molecule has 0 heterocycles. The second-order valence-electron chi connectivity index (χ2n) is 4.40. The molecule has 1 aromatic rings. The number of hydrogen-bond acceptors (Lipinski definition) is 3. The zero-order chi connectivity index (χ0) is 13.5. The molecule has 0 aliphatic carbocycles. The second-order valence-corrected chi connectivity index (χ2v) is 4.40. The zero-order valence-corrected chi connectivity index (χ0v) is 11.3. The van der Waals surface area contributed by atoms with E-state index >= 15 is 0 Å². The summed E-state index contributed by atoms with van der Waals surface area (Å²) in [5.74, 6) is 0.708. The van der Waals surface area contributed by atoms with E-state index in [0.29, 0.717) is 6.42 Å². The van der Waals surface area contributed by atoms with Gasteiger partial charge in [-0.05, 0) is 31.0 Å². The van der Waals surface area contributed by atoms with E-state index in [1.165, 1.54) is 0 Å². The van der Waals surface area contributed by atoms with Crippen molar-refractivity contribution in [1.29, 1.82) is 0 Å². The van der Waals surface area contributed by atoms with Crippen LogP contribution in [0.25, 0.3) is 0 Å². The molecule has 0 saturated carbocycles. The zero-order valence-electron chi connectivity index (χ0n) is 11.3. The first-order chi connectivity index (χ1) is 8.58. The third-order valence-corrected chi connectivity index (χ3v) is 2.91. The molecule has 0 unspecified atom stereocenters. The summed E-state index contributed by atoms with van der Waals surface area (Å²) in [7, 11) is 1.63. The van der Waals surface area contributed by atoms with Crippen molar-refractivity contribution in [3.05, 3.63) is 29.8 Å². The van der Waals surface area contributed by atoms with Crippen molar-refractivity contribution in [2.75, 3.05) is 7.11 Å². The lowest BCUT2D eigenvalue weighted by Crippen LogP contribution is -2.41. The van der Waals surface area contributed by atoms with Gasteiger partial charge in [0.25, 0.3) is 0 Å². The smallest absolute Gasteiger partial charge is 0.237 e. The van der Waals surface area contributed by atoms with Crippen LogP contribution in [0.4, 0.5) is 0 Å². The predicted octanol–water partition coefficient (Wildman–Crippen LogP) is 2.00. The van der Waals surface area contributed by atoms with E-state index in [4.69, 9.17) is 10.5 Å². The van der Waals surface area contributed by atoms with Gasteiger partial charge in [-0.25, -0.2) is 0 Å². The van der Waals surface area contributed by atoms with Crippen LogP contribution in [0.5, 0.6) is 5.75 Å². The van der Waals surface area contributed by atoms with Gasteiger partial charge in [0.2, 0.25) is 5.91 Å². The molecule has 0 saturated heterocycles. The Hall–Kier alpha value is -1.55. The summed E-state index contributed by atoms with van der Waals surface area (Å²) in [6.45, 7) is 3.96. The number of amides is 1. The average molecular weight is 250 g/mol. The average Bonchev–Trinajstić information content (AvgIpc) is 2.39. The lowest BCUT2D eigenvalue weighted by molar-refractivity contribution is -0.123. The number of nitrogens with one attached hydrogen (secondary N) is 1. The molecule has 4 nitrogen and oxygen atoms in total. The first-order valence-electron chi connectivity index (χ1n) is 6.28. The predicted molar refractivity (Wildman–Crippen MR) is 72.4 cm³/mol. The third-order valence-electron chi connectivity index (χ3n) is 2.91. The molecule has 18 heavy (non-hydrogen) atoms. The van der Waals surface area contributed by atoms with Gasteiger partial charge in [-0.2, -0.15) is 0 Å². The maximum absolute atomic E-state index is 11.8. The van der Waals surface area contributed by atoms with Crippen molar-refractivity contribution >= 4 is 5.91 Å². The lowest BCUT2D eigenvalue weighted by atomic mass is 10.1. The third kappa shape index (κ3) is 4.04. The van der Waals surface area contributed by atoms with Crippen LogP contribution in [0, 0.1) is 0 Å². The Bertz CT molecular complexity index is 376. The Morgan fingerprint density at radius 3 is 2.50 bits per heavy atom. The molecule has 2 atom stereocenters. The molecular weight excluding hydrogens is 228 g/mol. The minimum atomic E-state index is -0.421. The van der Waals surface area contributed by atoms with Crippen LogP contribution >= 0.6 is 0 Å². The second kappa shape index (κ2) is 7.01. The van der Waals surface area contributed by atoms with Crippen LogP contribution in [0.1, 0.15) is 38.3 Å². The van der Waals surface area contributed by atoms with Gasteiger partial charge in [0, 0.05) is 0 Å². The Labute approximate surface area is 109 Å². The van der Waals surface area contributed by atoms with Crippen molar-refractivity contribution in [3.8, 4) is 5.75 Å². The fourth-order valence-electron chi connectivity index (χ4n) is 1.74. The van der Waals surface area contributed by atoms with Gasteiger partial charge < -0.3 is 15.8 Å². The number of carbonyl (C=O) groups is 1. The Morgan fingerprint density at radius 1 is 1.39 bits per heavy atom. The normalized spacial score (nSPS) is 13.8. The molecular formula is C14H22N2O2. The monoisotopic (exact) mass is 250 g/mol. The van der Waals surface area contributed by atoms with Crippen LogP contribution in [0.15, 0.2) is 24.3 Å². The summed E-state index contributed by atoms with van der Waals surface area (Å²) in [5, 5.41) is 2.91. The van der Waals surface area contributed by atoms with E-state index in [1.54, 1.807) is 7.11 Å². The highest BCUT2D eigenvalue weighted by Crippen LogP contribution is 2.17. The molecule has 0 aliphatic rings. The van der Waals surface area contributed by atoms with Gasteiger partial charge >= 0.3 is 0 Å². The number of carbonyl (C=O) groups excluding carboxylic acids is 1. The fourth-order valence-corrected chi connectivity index (χ4v) is 1.74. The van der Waals surface area contributed by atoms with Crippen LogP contribution < -0.4 is 15.8 Å². The van der Waals surface area contributed by atoms with Crippen LogP contribution in [-0.4, -0.2) is 19.1 Å². The Morgan fingerprint density at radius 2 is 2.00 bits per heavy atom. The van der Waals surface area contributed by atoms with E-state index in [0.717, 1.165) is 17.7 Å². The summed E-state index contributed by atoms with van der Waals surface area (Å²) >= 11 is 0. The van der Waals surface area contributed by atoms with Crippen LogP contribution in [0.3, 0.4) is 0 Å². The molecule has 1 amide bonds. The van der Waals surface area contributed by atoms with E-state index in [9.17, 15) is 4.79 Å². The van der Waals surface area contributed by atoms with Gasteiger partial charge in [0.1, 0.15) is 5.75 Å². The van der Waals surface area contributed by atoms with Crippen LogP contribution in [0.2, 0.25) is 0 Å². The number of ether oxygens (including phenoxy) is 1. The molecule has 4 heteroatoms. The summed E-state index contributed by atoms with van der Waals surface area (Å²) in [6, 6.07) is 7.17. The number of nitrogens with two attached hydrogens (primary N) is 1. The SMILES string of the molecule is CCC[C@H](N)C(=O)N[C@@H](C)c1ccc(OC)cc1. The van der Waals surface area contributed by atoms with Crippen molar-refractivity contribution in [2.45, 2.75) is 38.8 Å². The van der Waals surface area contributed by atoms with E-state index < -0.39 is 6.04 Å². The lowest BCUT2D eigenvalue weighted by Gasteiger charge is -2.17. The molecule has 0 aromatic heterocycles. The number of hydrogen-bond donors (Lipinski definition) is 2. The standard InChI is InChI=1S/C14H22N2O2/c1-4-5-13(15)14(17)16-10(2)11-6-8-12(18-3)9-7-11/h6-10,13H,4-5,15H2,1-3H3,(H,16,17)/t10-,13-/m0/s1. The molecule has 100 valence electrons. The summed E-state index contributed by atoms with van der Waals surface area (Å²) in [6.07, 6.45) is 1.62. The molecule has 0 aliphatic heterocycles. The van der Waals surface area contributed by atoms with Gasteiger partial charge in [0.05, 0.1) is 19.2 Å². The van der Waals surface area contributed by atoms with Crippen LogP contribution in [-0.2, 0) is 4.79 Å².